The maximum Gasteiger partial charge on any atom is 0.408 e. The van der Waals surface area contributed by atoms with E-state index in [1.807, 2.05) is 24.3 Å². The Hall–Kier alpha value is -3.15. The second-order valence-corrected chi connectivity index (χ2v) is 13.6. The maximum absolute atomic E-state index is 14.2. The number of allylic oxidation sites excluding steroid dienone is 1. The fourth-order valence-electron chi connectivity index (χ4n) is 6.27. The molecule has 1 spiro atoms. The van der Waals surface area contributed by atoms with Gasteiger partial charge in [-0.2, -0.15) is 0 Å². The summed E-state index contributed by atoms with van der Waals surface area (Å²) >= 11 is 6.20. The first-order valence-corrected chi connectivity index (χ1v) is 15.3. The molecule has 234 valence electrons. The molecule has 1 aliphatic carbocycles. The van der Waals surface area contributed by atoms with E-state index in [0.29, 0.717) is 36.4 Å². The largest absolute Gasteiger partial charge is 0.444 e. The molecule has 0 radical (unpaired) electrons. The zero-order valence-corrected chi connectivity index (χ0v) is 25.6. The Bertz CT molecular complexity index is 1310. The van der Waals surface area contributed by atoms with Crippen molar-refractivity contribution in [1.29, 1.82) is 0 Å². The number of rotatable bonds is 3. The second kappa shape index (κ2) is 12.1. The number of ether oxygens (including phenoxy) is 1. The Morgan fingerprint density at radius 3 is 2.74 bits per heavy atom. The Morgan fingerprint density at radius 2 is 2.02 bits per heavy atom. The number of aliphatic hydroxyl groups is 2. The second-order valence-electron chi connectivity index (χ2n) is 13.2. The molecular formula is C31H41ClN4O7. The van der Waals surface area contributed by atoms with E-state index in [4.69, 9.17) is 21.2 Å². The van der Waals surface area contributed by atoms with Crippen molar-refractivity contribution in [2.45, 2.75) is 107 Å². The predicted molar refractivity (Wildman–Crippen MR) is 159 cm³/mol. The molecule has 3 heterocycles. The van der Waals surface area contributed by atoms with Gasteiger partial charge in [0, 0.05) is 29.3 Å². The van der Waals surface area contributed by atoms with Crippen molar-refractivity contribution < 1.29 is 34.2 Å². The highest BCUT2D eigenvalue weighted by molar-refractivity contribution is 6.31. The smallest absolute Gasteiger partial charge is 0.408 e. The minimum atomic E-state index is -1.77. The van der Waals surface area contributed by atoms with E-state index < -0.39 is 53.0 Å². The van der Waals surface area contributed by atoms with Crippen LogP contribution in [0.4, 0.5) is 4.79 Å². The Kier molecular flexibility index (Phi) is 8.79. The van der Waals surface area contributed by atoms with Gasteiger partial charge in [0.05, 0.1) is 17.8 Å². The number of nitrogens with zero attached hydrogens (tertiary/aromatic N) is 2. The number of hydrogen-bond donors (Lipinski definition) is 4. The molecule has 43 heavy (non-hydrogen) atoms. The van der Waals surface area contributed by atoms with Gasteiger partial charge in [0.25, 0.3) is 0 Å². The molecule has 12 heteroatoms. The minimum Gasteiger partial charge on any atom is -0.444 e. The summed E-state index contributed by atoms with van der Waals surface area (Å²) in [5, 5.41) is 31.0. The van der Waals surface area contributed by atoms with Gasteiger partial charge in [-0.1, -0.05) is 53.9 Å². The molecule has 4 N–H and O–H groups in total. The van der Waals surface area contributed by atoms with E-state index in [-0.39, 0.29) is 18.9 Å². The molecule has 1 saturated heterocycles. The van der Waals surface area contributed by atoms with Gasteiger partial charge in [0.2, 0.25) is 11.8 Å². The SMILES string of the molecule is CC(C)(C)OC(=O)N[C@H]1CCCCC/C=C\[C@@H]2C[C@@]2(C(O)O)NC(=O)[C@@H]2C[C@]3(CC(c4cccc(Cl)c4)=NO3)CN2C1=O. The first-order valence-electron chi connectivity index (χ1n) is 15.0. The van der Waals surface area contributed by atoms with Gasteiger partial charge in [-0.15, -0.1) is 0 Å². The van der Waals surface area contributed by atoms with E-state index in [1.165, 1.54) is 4.90 Å². The molecule has 0 bridgehead atoms. The highest BCUT2D eigenvalue weighted by Crippen LogP contribution is 2.48. The molecular weight excluding hydrogens is 576 g/mol. The van der Waals surface area contributed by atoms with Crippen LogP contribution in [0.2, 0.25) is 5.02 Å². The fraction of sp³-hybridized carbons (Fsp3) is 0.613. The zero-order chi connectivity index (χ0) is 31.0. The molecule has 4 aliphatic rings. The number of nitrogens with one attached hydrogen (secondary N) is 2. The number of alkyl carbamates (subject to hydrolysis) is 1. The van der Waals surface area contributed by atoms with Crippen LogP contribution in [-0.4, -0.2) is 80.4 Å². The zero-order valence-electron chi connectivity index (χ0n) is 24.8. The lowest BCUT2D eigenvalue weighted by atomic mass is 9.91. The van der Waals surface area contributed by atoms with Gasteiger partial charge >= 0.3 is 6.09 Å². The highest BCUT2D eigenvalue weighted by Gasteiger charge is 2.61. The van der Waals surface area contributed by atoms with Gasteiger partial charge < -0.3 is 35.3 Å². The number of benzene rings is 1. The summed E-state index contributed by atoms with van der Waals surface area (Å²) in [7, 11) is 0. The van der Waals surface area contributed by atoms with E-state index in [0.717, 1.165) is 24.8 Å². The van der Waals surface area contributed by atoms with Crippen LogP contribution in [0.25, 0.3) is 0 Å². The predicted octanol–water partition coefficient (Wildman–Crippen LogP) is 3.40. The van der Waals surface area contributed by atoms with Crippen LogP contribution in [0.1, 0.15) is 77.7 Å². The normalized spacial score (nSPS) is 32.1. The number of halogens is 1. The monoisotopic (exact) mass is 616 g/mol. The Labute approximate surface area is 256 Å². The molecule has 3 aliphatic heterocycles. The first kappa shape index (κ1) is 31.3. The van der Waals surface area contributed by atoms with Crippen molar-refractivity contribution in [3.05, 3.63) is 47.0 Å². The van der Waals surface area contributed by atoms with Gasteiger partial charge in [-0.3, -0.25) is 9.59 Å². The average Bonchev–Trinajstić information content (AvgIpc) is 3.27. The topological polar surface area (TPSA) is 150 Å². The van der Waals surface area contributed by atoms with Gasteiger partial charge in [0.1, 0.15) is 17.7 Å². The Balaban J connectivity index is 1.44. The summed E-state index contributed by atoms with van der Waals surface area (Å²) in [6.45, 7) is 5.29. The van der Waals surface area contributed by atoms with Crippen molar-refractivity contribution in [2.24, 2.45) is 11.1 Å². The minimum absolute atomic E-state index is 0.0575. The van der Waals surface area contributed by atoms with E-state index >= 15 is 0 Å². The van der Waals surface area contributed by atoms with Gasteiger partial charge in [0.15, 0.2) is 11.9 Å². The van der Waals surface area contributed by atoms with Crippen molar-refractivity contribution >= 4 is 35.2 Å². The van der Waals surface area contributed by atoms with Crippen LogP contribution in [-0.2, 0) is 19.2 Å². The maximum atomic E-state index is 14.2. The van der Waals surface area contributed by atoms with Crippen molar-refractivity contribution in [1.82, 2.24) is 15.5 Å². The summed E-state index contributed by atoms with van der Waals surface area (Å²) in [6, 6.07) is 5.30. The molecule has 0 unspecified atom stereocenters. The van der Waals surface area contributed by atoms with Gasteiger partial charge in [-0.25, -0.2) is 4.79 Å². The van der Waals surface area contributed by atoms with Crippen LogP contribution in [0.3, 0.4) is 0 Å². The molecule has 5 atom stereocenters. The first-order chi connectivity index (χ1) is 20.3. The number of fused-ring (bicyclic) bond motifs is 2. The number of amides is 3. The fourth-order valence-corrected chi connectivity index (χ4v) is 6.46. The third-order valence-corrected chi connectivity index (χ3v) is 8.81. The summed E-state index contributed by atoms with van der Waals surface area (Å²) in [5.74, 6) is -1.18. The highest BCUT2D eigenvalue weighted by atomic mass is 35.5. The summed E-state index contributed by atoms with van der Waals surface area (Å²) in [5.41, 5.74) is -1.54. The van der Waals surface area contributed by atoms with E-state index in [2.05, 4.69) is 15.8 Å². The van der Waals surface area contributed by atoms with E-state index in [9.17, 15) is 24.6 Å². The molecule has 0 aromatic heterocycles. The molecule has 2 fully saturated rings. The lowest BCUT2D eigenvalue weighted by molar-refractivity contribution is -0.143. The number of oxime groups is 1. The number of aliphatic hydroxyl groups excluding tert-OH is 1. The summed E-state index contributed by atoms with van der Waals surface area (Å²) < 4.78 is 5.45. The lowest BCUT2D eigenvalue weighted by Crippen LogP contribution is -2.57. The summed E-state index contributed by atoms with van der Waals surface area (Å²) in [6.07, 6.45) is 5.80. The number of hydrogen-bond acceptors (Lipinski definition) is 8. The van der Waals surface area contributed by atoms with Crippen LogP contribution < -0.4 is 10.6 Å². The number of carbonyl (C=O) groups excluding carboxylic acids is 3. The molecule has 1 aromatic carbocycles. The van der Waals surface area contributed by atoms with Gasteiger partial charge in [-0.05, 0) is 58.6 Å². The van der Waals surface area contributed by atoms with Crippen LogP contribution in [0.5, 0.6) is 0 Å². The van der Waals surface area contributed by atoms with Crippen molar-refractivity contribution in [2.75, 3.05) is 6.54 Å². The van der Waals surface area contributed by atoms with Crippen molar-refractivity contribution in [3.63, 3.8) is 0 Å². The quantitative estimate of drug-likeness (QED) is 0.300. The standard InChI is InChI=1S/C31H41ClN4O7/c1-29(2,3)42-28(41)33-22-13-8-6-4-5-7-11-20-15-31(20,27(39)40)34-25(37)24-17-30(18-36(24)26(22)38)16-23(35-43-30)19-10-9-12-21(32)14-19/h7,9-12,14,20,22,24,27,39-40H,4-6,8,13,15-18H2,1-3H3,(H,33,41)(H,34,37)/b11-7-/t20-,22+,24+,30-,31-/m1/s1. The lowest BCUT2D eigenvalue weighted by Gasteiger charge is -2.31. The summed E-state index contributed by atoms with van der Waals surface area (Å²) in [4.78, 5) is 48.3. The van der Waals surface area contributed by atoms with Crippen LogP contribution >= 0.6 is 11.6 Å². The number of carbonyl (C=O) groups is 3. The third-order valence-electron chi connectivity index (χ3n) is 8.58. The Morgan fingerprint density at radius 1 is 1.23 bits per heavy atom. The van der Waals surface area contributed by atoms with Crippen LogP contribution in [0.15, 0.2) is 41.6 Å². The average molecular weight is 617 g/mol. The molecule has 5 rings (SSSR count). The van der Waals surface area contributed by atoms with Crippen molar-refractivity contribution in [3.8, 4) is 0 Å². The molecule has 1 saturated carbocycles. The molecule has 3 amide bonds. The molecule has 11 nitrogen and oxygen atoms in total. The van der Waals surface area contributed by atoms with Crippen LogP contribution in [0, 0.1) is 5.92 Å². The van der Waals surface area contributed by atoms with E-state index in [1.54, 1.807) is 32.9 Å². The third kappa shape index (κ3) is 6.99. The molecule has 1 aromatic rings.